The number of hydrogen-bond acceptors (Lipinski definition) is 4. The van der Waals surface area contributed by atoms with Gasteiger partial charge in [0.15, 0.2) is 11.4 Å². The molecule has 2 aliphatic carbocycles. The minimum Gasteiger partial charge on any atom is -0.436 e. The van der Waals surface area contributed by atoms with Gasteiger partial charge in [-0.3, -0.25) is 14.5 Å². The smallest absolute Gasteiger partial charge is 0.411 e. The summed E-state index contributed by atoms with van der Waals surface area (Å²) in [6.07, 6.45) is -4.05. The zero-order valence-corrected chi connectivity index (χ0v) is 20.0. The average Bonchev–Trinajstić information content (AvgIpc) is 3.29. The summed E-state index contributed by atoms with van der Waals surface area (Å²) in [5.41, 5.74) is -0.785. The number of ether oxygens (including phenoxy) is 1. The van der Waals surface area contributed by atoms with Crippen molar-refractivity contribution < 1.29 is 41.1 Å². The Balaban J connectivity index is 1.55. The van der Waals surface area contributed by atoms with E-state index in [9.17, 15) is 36.3 Å². The zero-order valence-electron chi connectivity index (χ0n) is 18.4. The van der Waals surface area contributed by atoms with E-state index in [1.807, 2.05) is 0 Å². The van der Waals surface area contributed by atoms with Gasteiger partial charge in [-0.2, -0.15) is 13.2 Å². The van der Waals surface area contributed by atoms with Crippen molar-refractivity contribution in [1.82, 2.24) is 9.80 Å². The molecule has 3 atom stereocenters. The van der Waals surface area contributed by atoms with Gasteiger partial charge in [0.2, 0.25) is 5.91 Å². The number of halogens is 6. The second-order valence-corrected chi connectivity index (χ2v) is 9.59. The number of benzene rings is 1. The van der Waals surface area contributed by atoms with Crippen LogP contribution in [0.15, 0.2) is 46.2 Å². The fourth-order valence-corrected chi connectivity index (χ4v) is 5.06. The molecule has 1 aromatic rings. The van der Waals surface area contributed by atoms with Gasteiger partial charge in [0.1, 0.15) is 24.2 Å². The largest absolute Gasteiger partial charge is 0.436 e. The predicted octanol–water partition coefficient (Wildman–Crippen LogP) is 4.79. The molecular formula is C23H20BrF5N2O4. The lowest BCUT2D eigenvalue weighted by Gasteiger charge is -2.32. The molecule has 35 heavy (non-hydrogen) atoms. The van der Waals surface area contributed by atoms with Crippen LogP contribution < -0.4 is 0 Å². The third kappa shape index (κ3) is 4.72. The lowest BCUT2D eigenvalue weighted by Crippen LogP contribution is -2.50. The number of fused-ring (bicyclic) bond motifs is 2. The quantitative estimate of drug-likeness (QED) is 0.484. The first kappa shape index (κ1) is 25.3. The van der Waals surface area contributed by atoms with Crippen molar-refractivity contribution in [2.24, 2.45) is 5.92 Å². The van der Waals surface area contributed by atoms with Gasteiger partial charge in [0, 0.05) is 12.5 Å². The highest BCUT2D eigenvalue weighted by atomic mass is 79.9. The molecular weight excluding hydrogens is 543 g/mol. The summed E-state index contributed by atoms with van der Waals surface area (Å²) in [5, 5.41) is 0. The number of amides is 2. The van der Waals surface area contributed by atoms with Crippen LogP contribution in [-0.4, -0.2) is 58.5 Å². The van der Waals surface area contributed by atoms with Crippen molar-refractivity contribution in [2.75, 3.05) is 13.1 Å². The van der Waals surface area contributed by atoms with Crippen LogP contribution in [0.3, 0.4) is 0 Å². The van der Waals surface area contributed by atoms with E-state index in [0.29, 0.717) is 11.3 Å². The Morgan fingerprint density at radius 2 is 1.91 bits per heavy atom. The summed E-state index contributed by atoms with van der Waals surface area (Å²) in [7, 11) is 0. The zero-order chi connectivity index (χ0) is 25.7. The van der Waals surface area contributed by atoms with Crippen LogP contribution >= 0.6 is 15.9 Å². The average molecular weight is 563 g/mol. The normalized spacial score (nSPS) is 25.1. The molecule has 6 nitrogen and oxygen atoms in total. The van der Waals surface area contributed by atoms with Crippen molar-refractivity contribution in [3.63, 3.8) is 0 Å². The molecule has 1 aromatic carbocycles. The van der Waals surface area contributed by atoms with Crippen LogP contribution in [0.25, 0.3) is 0 Å². The molecule has 2 unspecified atom stereocenters. The van der Waals surface area contributed by atoms with Crippen molar-refractivity contribution in [3.05, 3.63) is 57.6 Å². The summed E-state index contributed by atoms with van der Waals surface area (Å²) < 4.78 is 73.3. The highest BCUT2D eigenvalue weighted by Crippen LogP contribution is 2.50. The lowest BCUT2D eigenvalue weighted by molar-refractivity contribution is -0.187. The number of hydrogen-bond donors (Lipinski definition) is 0. The lowest BCUT2D eigenvalue weighted by atomic mass is 9.86. The molecule has 0 radical (unpaired) electrons. The first-order chi connectivity index (χ1) is 16.3. The SMILES string of the molecule is C[C@H](N(Cc1ccc(F)cc1)C(=O)CN1CC2(CCC3C(=O)C(Br)=C(F)C=C32)OC1=O)C(F)(F)F. The third-order valence-electron chi connectivity index (χ3n) is 6.60. The highest BCUT2D eigenvalue weighted by Gasteiger charge is 2.57. The highest BCUT2D eigenvalue weighted by molar-refractivity contribution is 9.12. The van der Waals surface area contributed by atoms with E-state index in [-0.39, 0.29) is 28.6 Å². The summed E-state index contributed by atoms with van der Waals surface area (Å²) in [5.74, 6) is -3.55. The van der Waals surface area contributed by atoms with Crippen molar-refractivity contribution in [3.8, 4) is 0 Å². The van der Waals surface area contributed by atoms with Crippen LogP contribution in [0.1, 0.15) is 25.3 Å². The molecule has 0 N–H and O–H groups in total. The molecule has 2 fully saturated rings. The Kier molecular flexibility index (Phi) is 6.54. The summed E-state index contributed by atoms with van der Waals surface area (Å²) in [4.78, 5) is 39.5. The van der Waals surface area contributed by atoms with Gasteiger partial charge in [-0.25, -0.2) is 13.6 Å². The Labute approximate surface area is 205 Å². The molecule has 2 amide bonds. The molecule has 3 aliphatic rings. The van der Waals surface area contributed by atoms with Gasteiger partial charge in [-0.15, -0.1) is 0 Å². The molecule has 188 valence electrons. The van der Waals surface area contributed by atoms with E-state index in [0.717, 1.165) is 30.0 Å². The number of allylic oxidation sites excluding steroid dienone is 3. The van der Waals surface area contributed by atoms with E-state index in [2.05, 4.69) is 15.9 Å². The van der Waals surface area contributed by atoms with Gasteiger partial charge in [0.25, 0.3) is 0 Å². The minimum atomic E-state index is -4.74. The maximum Gasteiger partial charge on any atom is 0.411 e. The number of Topliss-reactive ketones (excluding diaryl/α,β-unsaturated/α-hetero) is 1. The monoisotopic (exact) mass is 562 g/mol. The third-order valence-corrected chi connectivity index (χ3v) is 7.37. The molecule has 12 heteroatoms. The fraction of sp³-hybridized carbons (Fsp3) is 0.435. The van der Waals surface area contributed by atoms with Crippen molar-refractivity contribution >= 4 is 33.7 Å². The van der Waals surface area contributed by atoms with Crippen LogP contribution in [0, 0.1) is 11.7 Å². The first-order valence-electron chi connectivity index (χ1n) is 10.7. The van der Waals surface area contributed by atoms with Crippen LogP contribution in [0.4, 0.5) is 26.7 Å². The molecule has 1 spiro atoms. The summed E-state index contributed by atoms with van der Waals surface area (Å²) in [6, 6.07) is 2.49. The van der Waals surface area contributed by atoms with Gasteiger partial charge in [-0.05, 0) is 65.0 Å². The standard InChI is InChI=1S/C23H20BrF5N2O4/c1-12(23(27,28)29)31(9-13-2-4-14(25)5-3-13)18(32)10-30-11-22(35-21(30)34)7-6-15-16(22)8-17(26)19(24)20(15)33/h2-5,8,12,15H,6-7,9-11H2,1H3/t12-,15?,22?/m0/s1. The second-order valence-electron chi connectivity index (χ2n) is 8.80. The molecule has 1 heterocycles. The first-order valence-corrected chi connectivity index (χ1v) is 11.5. The molecule has 1 saturated heterocycles. The second kappa shape index (κ2) is 9.03. The van der Waals surface area contributed by atoms with Crippen LogP contribution in [-0.2, 0) is 20.9 Å². The van der Waals surface area contributed by atoms with Gasteiger partial charge < -0.3 is 9.64 Å². The molecule has 0 bridgehead atoms. The maximum atomic E-state index is 14.2. The summed E-state index contributed by atoms with van der Waals surface area (Å²) >= 11 is 2.91. The number of carbonyl (C=O) groups is 3. The van der Waals surface area contributed by atoms with E-state index in [1.54, 1.807) is 0 Å². The molecule has 1 saturated carbocycles. The Hall–Kier alpha value is -2.76. The number of nitrogens with zero attached hydrogens (tertiary/aromatic N) is 2. The topological polar surface area (TPSA) is 66.9 Å². The Bertz CT molecular complexity index is 1130. The number of carbonyl (C=O) groups excluding carboxylic acids is 3. The van der Waals surface area contributed by atoms with Gasteiger partial charge in [0.05, 0.1) is 11.0 Å². The van der Waals surface area contributed by atoms with E-state index in [4.69, 9.17) is 4.74 Å². The van der Waals surface area contributed by atoms with Crippen molar-refractivity contribution in [2.45, 2.75) is 44.1 Å². The molecule has 0 aromatic heterocycles. The Morgan fingerprint density at radius 3 is 2.54 bits per heavy atom. The van der Waals surface area contributed by atoms with Crippen LogP contribution in [0.5, 0.6) is 0 Å². The number of alkyl halides is 3. The predicted molar refractivity (Wildman–Crippen MR) is 116 cm³/mol. The molecule has 1 aliphatic heterocycles. The number of ketones is 1. The van der Waals surface area contributed by atoms with E-state index >= 15 is 0 Å². The van der Waals surface area contributed by atoms with Gasteiger partial charge >= 0.3 is 12.3 Å². The van der Waals surface area contributed by atoms with E-state index in [1.165, 1.54) is 12.1 Å². The van der Waals surface area contributed by atoms with Crippen molar-refractivity contribution in [1.29, 1.82) is 0 Å². The number of rotatable bonds is 5. The van der Waals surface area contributed by atoms with E-state index < -0.39 is 66.3 Å². The van der Waals surface area contributed by atoms with Gasteiger partial charge in [-0.1, -0.05) is 12.1 Å². The van der Waals surface area contributed by atoms with Crippen LogP contribution in [0.2, 0.25) is 0 Å². The minimum absolute atomic E-state index is 0.197. The maximum absolute atomic E-state index is 14.2. The molecule has 4 rings (SSSR count). The summed E-state index contributed by atoms with van der Waals surface area (Å²) in [6.45, 7) is -0.559. The Morgan fingerprint density at radius 1 is 1.26 bits per heavy atom. The fourth-order valence-electron chi connectivity index (χ4n) is 4.67.